The average molecular weight is 195 g/mol. The highest BCUT2D eigenvalue weighted by molar-refractivity contribution is 5.40. The second kappa shape index (κ2) is 5.62. The van der Waals surface area contributed by atoms with Gasteiger partial charge in [-0.05, 0) is 24.6 Å². The van der Waals surface area contributed by atoms with Crippen LogP contribution < -0.4 is 10.5 Å². The minimum absolute atomic E-state index is 0.569. The summed E-state index contributed by atoms with van der Waals surface area (Å²) >= 11 is 0. The SMILES string of the molecule is COCc1c(CCN)cccc1OC. The van der Waals surface area contributed by atoms with Crippen molar-refractivity contribution in [2.45, 2.75) is 13.0 Å². The van der Waals surface area contributed by atoms with Gasteiger partial charge in [-0.25, -0.2) is 0 Å². The van der Waals surface area contributed by atoms with Crippen molar-refractivity contribution < 1.29 is 9.47 Å². The van der Waals surface area contributed by atoms with E-state index in [9.17, 15) is 0 Å². The van der Waals surface area contributed by atoms with Crippen LogP contribution in [0, 0.1) is 0 Å². The van der Waals surface area contributed by atoms with Gasteiger partial charge < -0.3 is 15.2 Å². The summed E-state index contributed by atoms with van der Waals surface area (Å²) in [6, 6.07) is 5.97. The number of hydrogen-bond acceptors (Lipinski definition) is 3. The van der Waals surface area contributed by atoms with Gasteiger partial charge in [-0.2, -0.15) is 0 Å². The summed E-state index contributed by atoms with van der Waals surface area (Å²) in [5.74, 6) is 0.873. The van der Waals surface area contributed by atoms with E-state index in [-0.39, 0.29) is 0 Å². The number of hydrogen-bond donors (Lipinski definition) is 1. The van der Waals surface area contributed by atoms with Crippen molar-refractivity contribution in [1.82, 2.24) is 0 Å². The van der Waals surface area contributed by atoms with Crippen molar-refractivity contribution in [3.63, 3.8) is 0 Å². The van der Waals surface area contributed by atoms with Gasteiger partial charge in [0.15, 0.2) is 0 Å². The summed E-state index contributed by atoms with van der Waals surface area (Å²) in [4.78, 5) is 0. The molecule has 0 aliphatic carbocycles. The van der Waals surface area contributed by atoms with Crippen molar-refractivity contribution in [2.75, 3.05) is 20.8 Å². The van der Waals surface area contributed by atoms with Crippen molar-refractivity contribution in [1.29, 1.82) is 0 Å². The van der Waals surface area contributed by atoms with Crippen LogP contribution in [0.4, 0.5) is 0 Å². The Bertz CT molecular complexity index is 287. The van der Waals surface area contributed by atoms with E-state index in [1.807, 2.05) is 12.1 Å². The van der Waals surface area contributed by atoms with Gasteiger partial charge >= 0.3 is 0 Å². The lowest BCUT2D eigenvalue weighted by atomic mass is 10.0. The zero-order valence-corrected chi connectivity index (χ0v) is 8.75. The normalized spacial score (nSPS) is 10.2. The van der Waals surface area contributed by atoms with Crippen LogP contribution in [-0.2, 0) is 17.8 Å². The number of rotatable bonds is 5. The fourth-order valence-electron chi connectivity index (χ4n) is 1.50. The Balaban J connectivity index is 3.00. The fraction of sp³-hybridized carbons (Fsp3) is 0.455. The molecule has 0 saturated carbocycles. The van der Waals surface area contributed by atoms with E-state index in [0.29, 0.717) is 13.2 Å². The minimum Gasteiger partial charge on any atom is -0.496 e. The molecule has 3 heteroatoms. The summed E-state index contributed by atoms with van der Waals surface area (Å²) in [6.07, 6.45) is 0.857. The fourth-order valence-corrected chi connectivity index (χ4v) is 1.50. The third-order valence-electron chi connectivity index (χ3n) is 2.15. The molecule has 78 valence electrons. The molecule has 0 heterocycles. The summed E-state index contributed by atoms with van der Waals surface area (Å²) in [5, 5.41) is 0. The lowest BCUT2D eigenvalue weighted by Crippen LogP contribution is -2.07. The van der Waals surface area contributed by atoms with E-state index >= 15 is 0 Å². The Labute approximate surface area is 84.8 Å². The number of nitrogens with two attached hydrogens (primary N) is 1. The smallest absolute Gasteiger partial charge is 0.124 e. The van der Waals surface area contributed by atoms with E-state index in [2.05, 4.69) is 6.07 Å². The molecule has 0 aromatic heterocycles. The first kappa shape index (κ1) is 11.0. The van der Waals surface area contributed by atoms with Crippen LogP contribution in [0.15, 0.2) is 18.2 Å². The molecule has 0 amide bonds. The van der Waals surface area contributed by atoms with Crippen molar-refractivity contribution in [2.24, 2.45) is 5.73 Å². The molecule has 0 fully saturated rings. The molecule has 0 unspecified atom stereocenters. The number of ether oxygens (including phenoxy) is 2. The molecule has 0 atom stereocenters. The van der Waals surface area contributed by atoms with Gasteiger partial charge in [0.1, 0.15) is 5.75 Å². The van der Waals surface area contributed by atoms with Crippen LogP contribution in [0.1, 0.15) is 11.1 Å². The lowest BCUT2D eigenvalue weighted by Gasteiger charge is -2.12. The van der Waals surface area contributed by atoms with E-state index in [1.54, 1.807) is 14.2 Å². The molecule has 1 aromatic rings. The molecule has 1 aromatic carbocycles. The first-order valence-electron chi connectivity index (χ1n) is 4.67. The van der Waals surface area contributed by atoms with Crippen LogP contribution in [-0.4, -0.2) is 20.8 Å². The first-order valence-corrected chi connectivity index (χ1v) is 4.67. The monoisotopic (exact) mass is 195 g/mol. The van der Waals surface area contributed by atoms with Gasteiger partial charge in [0, 0.05) is 12.7 Å². The van der Waals surface area contributed by atoms with Crippen molar-refractivity contribution in [3.8, 4) is 5.75 Å². The summed E-state index contributed by atoms with van der Waals surface area (Å²) in [6.45, 7) is 1.21. The van der Waals surface area contributed by atoms with E-state index in [0.717, 1.165) is 17.7 Å². The largest absolute Gasteiger partial charge is 0.496 e. The predicted octanol–water partition coefficient (Wildman–Crippen LogP) is 1.34. The third-order valence-corrected chi connectivity index (χ3v) is 2.15. The predicted molar refractivity (Wildman–Crippen MR) is 56.5 cm³/mol. The molecule has 0 spiro atoms. The molecule has 0 bridgehead atoms. The minimum atomic E-state index is 0.569. The van der Waals surface area contributed by atoms with Gasteiger partial charge in [0.05, 0.1) is 13.7 Å². The summed E-state index contributed by atoms with van der Waals surface area (Å²) in [7, 11) is 3.35. The maximum absolute atomic E-state index is 5.54. The van der Waals surface area contributed by atoms with Crippen LogP contribution in [0.5, 0.6) is 5.75 Å². The van der Waals surface area contributed by atoms with Crippen LogP contribution in [0.25, 0.3) is 0 Å². The zero-order chi connectivity index (χ0) is 10.4. The highest BCUT2D eigenvalue weighted by Gasteiger charge is 2.07. The highest BCUT2D eigenvalue weighted by Crippen LogP contribution is 2.23. The molecule has 3 nitrogen and oxygen atoms in total. The topological polar surface area (TPSA) is 44.5 Å². The van der Waals surface area contributed by atoms with E-state index in [4.69, 9.17) is 15.2 Å². The Morgan fingerprint density at radius 2 is 2.07 bits per heavy atom. The Kier molecular flexibility index (Phi) is 4.43. The average Bonchev–Trinajstić information content (AvgIpc) is 2.21. The third kappa shape index (κ3) is 2.47. The molecule has 0 aliphatic rings. The number of benzene rings is 1. The zero-order valence-electron chi connectivity index (χ0n) is 8.75. The molecule has 2 N–H and O–H groups in total. The second-order valence-electron chi connectivity index (χ2n) is 3.07. The molecule has 14 heavy (non-hydrogen) atoms. The molecule has 0 aliphatic heterocycles. The maximum atomic E-state index is 5.54. The number of methoxy groups -OCH3 is 2. The second-order valence-corrected chi connectivity index (χ2v) is 3.07. The summed E-state index contributed by atoms with van der Waals surface area (Å²) in [5.41, 5.74) is 7.84. The van der Waals surface area contributed by atoms with E-state index < -0.39 is 0 Å². The molecule has 0 saturated heterocycles. The Morgan fingerprint density at radius 3 is 2.64 bits per heavy atom. The van der Waals surface area contributed by atoms with Gasteiger partial charge in [-0.3, -0.25) is 0 Å². The van der Waals surface area contributed by atoms with Crippen LogP contribution in [0.2, 0.25) is 0 Å². The molecule has 1 rings (SSSR count). The molecular formula is C11H17NO2. The molecular weight excluding hydrogens is 178 g/mol. The highest BCUT2D eigenvalue weighted by atomic mass is 16.5. The van der Waals surface area contributed by atoms with Crippen LogP contribution >= 0.6 is 0 Å². The van der Waals surface area contributed by atoms with Gasteiger partial charge in [-0.1, -0.05) is 12.1 Å². The summed E-state index contributed by atoms with van der Waals surface area (Å²) < 4.78 is 10.4. The van der Waals surface area contributed by atoms with E-state index in [1.165, 1.54) is 5.56 Å². The maximum Gasteiger partial charge on any atom is 0.124 e. The Morgan fingerprint density at radius 1 is 1.29 bits per heavy atom. The van der Waals surface area contributed by atoms with Crippen molar-refractivity contribution in [3.05, 3.63) is 29.3 Å². The first-order chi connectivity index (χ1) is 6.83. The Hall–Kier alpha value is -1.06. The van der Waals surface area contributed by atoms with Gasteiger partial charge in [0.25, 0.3) is 0 Å². The van der Waals surface area contributed by atoms with Gasteiger partial charge in [0.2, 0.25) is 0 Å². The van der Waals surface area contributed by atoms with Crippen molar-refractivity contribution >= 4 is 0 Å². The standard InChI is InChI=1S/C11H17NO2/c1-13-8-10-9(6-7-12)4-3-5-11(10)14-2/h3-5H,6-8,12H2,1-2H3. The van der Waals surface area contributed by atoms with Crippen LogP contribution in [0.3, 0.4) is 0 Å². The molecule has 0 radical (unpaired) electrons. The quantitative estimate of drug-likeness (QED) is 0.771. The van der Waals surface area contributed by atoms with Gasteiger partial charge in [-0.15, -0.1) is 0 Å². The lowest BCUT2D eigenvalue weighted by molar-refractivity contribution is 0.181.